The van der Waals surface area contributed by atoms with E-state index in [1.165, 1.54) is 12.5 Å². The second kappa shape index (κ2) is 3.59. The predicted molar refractivity (Wildman–Crippen MR) is 57.4 cm³/mol. The third-order valence-electron chi connectivity index (χ3n) is 2.11. The van der Waals surface area contributed by atoms with E-state index < -0.39 is 5.60 Å². The fourth-order valence-corrected chi connectivity index (χ4v) is 1.56. The number of aliphatic hydroxyl groups is 1. The zero-order valence-electron chi connectivity index (χ0n) is 7.35. The molecule has 1 aliphatic rings. The highest BCUT2D eigenvalue weighted by Gasteiger charge is 2.24. The van der Waals surface area contributed by atoms with E-state index in [1.54, 1.807) is 12.2 Å². The summed E-state index contributed by atoms with van der Waals surface area (Å²) in [7, 11) is 0. The summed E-state index contributed by atoms with van der Waals surface area (Å²) in [5.41, 5.74) is -0.227. The van der Waals surface area contributed by atoms with Gasteiger partial charge in [0.25, 0.3) is 0 Å². The third-order valence-corrected chi connectivity index (χ3v) is 2.64. The molecule has 0 spiro atoms. The van der Waals surface area contributed by atoms with Gasteiger partial charge in [0.2, 0.25) is 0 Å². The molecule has 1 heterocycles. The van der Waals surface area contributed by atoms with E-state index in [9.17, 15) is 5.11 Å². The van der Waals surface area contributed by atoms with Crippen LogP contribution in [0.2, 0.25) is 0 Å². The summed E-state index contributed by atoms with van der Waals surface area (Å²) >= 11 is 3.34. The molecule has 14 heavy (non-hydrogen) atoms. The summed E-state index contributed by atoms with van der Waals surface area (Å²) in [5, 5.41) is 10.2. The number of rotatable bonds is 1. The largest absolute Gasteiger partial charge is 0.473 e. The highest BCUT2D eigenvalue weighted by Crippen LogP contribution is 2.27. The first-order valence-electron chi connectivity index (χ1n) is 4.20. The van der Waals surface area contributed by atoms with Crippen LogP contribution in [0.3, 0.4) is 0 Å². The van der Waals surface area contributed by atoms with Gasteiger partial charge in [-0.15, -0.1) is 0 Å². The van der Waals surface area contributed by atoms with Gasteiger partial charge < -0.3 is 9.84 Å². The normalized spacial score (nSPS) is 17.9. The van der Waals surface area contributed by atoms with E-state index in [4.69, 9.17) is 4.74 Å². The van der Waals surface area contributed by atoms with Crippen LogP contribution in [0.5, 0.6) is 0 Å². The number of hydrogen-bond donors (Lipinski definition) is 1. The quantitative estimate of drug-likeness (QED) is 0.833. The Morgan fingerprint density at radius 3 is 2.21 bits per heavy atom. The smallest absolute Gasteiger partial charge is 0.133 e. The van der Waals surface area contributed by atoms with E-state index in [0.29, 0.717) is 0 Å². The van der Waals surface area contributed by atoms with Crippen LogP contribution in [-0.4, -0.2) is 5.11 Å². The Bertz CT molecular complexity index is 367. The van der Waals surface area contributed by atoms with Crippen LogP contribution in [0.25, 0.3) is 0 Å². The fraction of sp³-hybridized carbons (Fsp3) is 0.0909. The van der Waals surface area contributed by atoms with Crippen LogP contribution >= 0.6 is 15.9 Å². The molecule has 0 saturated carbocycles. The fourth-order valence-electron chi connectivity index (χ4n) is 1.30. The minimum absolute atomic E-state index is 0.816. The van der Waals surface area contributed by atoms with Crippen molar-refractivity contribution >= 4 is 15.9 Å². The molecule has 0 amide bonds. The monoisotopic (exact) mass is 252 g/mol. The van der Waals surface area contributed by atoms with Gasteiger partial charge in [0, 0.05) is 4.47 Å². The first-order chi connectivity index (χ1) is 6.71. The standard InChI is InChI=1S/C11H9BrO2/c12-10-3-1-9(2-4-10)11(13)5-7-14-8-6-11/h1-8,13H. The second-order valence-electron chi connectivity index (χ2n) is 3.07. The maximum Gasteiger partial charge on any atom is 0.133 e. The highest BCUT2D eigenvalue weighted by molar-refractivity contribution is 9.10. The molecule has 1 aromatic carbocycles. The van der Waals surface area contributed by atoms with Crippen LogP contribution in [-0.2, 0) is 10.3 Å². The molecule has 0 aliphatic carbocycles. The molecule has 0 fully saturated rings. The van der Waals surface area contributed by atoms with Crippen molar-refractivity contribution in [2.24, 2.45) is 0 Å². The maximum absolute atomic E-state index is 10.2. The molecule has 0 atom stereocenters. The van der Waals surface area contributed by atoms with Gasteiger partial charge in [0.15, 0.2) is 0 Å². The lowest BCUT2D eigenvalue weighted by atomic mass is 9.93. The summed E-state index contributed by atoms with van der Waals surface area (Å²) in [6.45, 7) is 0. The van der Waals surface area contributed by atoms with Crippen molar-refractivity contribution in [3.8, 4) is 0 Å². The Morgan fingerprint density at radius 1 is 1.07 bits per heavy atom. The summed E-state index contributed by atoms with van der Waals surface area (Å²) in [5.74, 6) is 0. The zero-order valence-corrected chi connectivity index (χ0v) is 8.94. The molecule has 1 aromatic rings. The SMILES string of the molecule is OC1(c2ccc(Br)cc2)C=COC=C1. The van der Waals surface area contributed by atoms with Crippen molar-refractivity contribution < 1.29 is 9.84 Å². The van der Waals surface area contributed by atoms with E-state index in [2.05, 4.69) is 15.9 Å². The van der Waals surface area contributed by atoms with E-state index >= 15 is 0 Å². The Morgan fingerprint density at radius 2 is 1.64 bits per heavy atom. The van der Waals surface area contributed by atoms with Crippen LogP contribution < -0.4 is 0 Å². The topological polar surface area (TPSA) is 29.5 Å². The lowest BCUT2D eigenvalue weighted by molar-refractivity contribution is 0.130. The molecule has 0 radical (unpaired) electrons. The van der Waals surface area contributed by atoms with Gasteiger partial charge in [-0.1, -0.05) is 28.1 Å². The van der Waals surface area contributed by atoms with Crippen molar-refractivity contribution in [1.82, 2.24) is 0 Å². The molecule has 3 heteroatoms. The van der Waals surface area contributed by atoms with Gasteiger partial charge in [0.05, 0.1) is 12.5 Å². The Kier molecular flexibility index (Phi) is 2.44. The molecular formula is C11H9BrO2. The Labute approximate surface area is 90.6 Å². The molecular weight excluding hydrogens is 244 g/mol. The van der Waals surface area contributed by atoms with Gasteiger partial charge in [-0.05, 0) is 29.8 Å². The van der Waals surface area contributed by atoms with Crippen molar-refractivity contribution in [2.75, 3.05) is 0 Å². The van der Waals surface area contributed by atoms with Crippen LogP contribution in [0.1, 0.15) is 5.56 Å². The number of hydrogen-bond acceptors (Lipinski definition) is 2. The summed E-state index contributed by atoms with van der Waals surface area (Å²) in [4.78, 5) is 0. The molecule has 72 valence electrons. The summed E-state index contributed by atoms with van der Waals surface area (Å²) in [6, 6.07) is 7.52. The third kappa shape index (κ3) is 1.74. The average Bonchev–Trinajstić information content (AvgIpc) is 2.19. The molecule has 0 bridgehead atoms. The highest BCUT2D eigenvalue weighted by atomic mass is 79.9. The molecule has 0 unspecified atom stereocenters. The van der Waals surface area contributed by atoms with Gasteiger partial charge in [-0.2, -0.15) is 0 Å². The number of benzene rings is 1. The van der Waals surface area contributed by atoms with Crippen LogP contribution in [0, 0.1) is 0 Å². The molecule has 0 aromatic heterocycles. The van der Waals surface area contributed by atoms with Gasteiger partial charge >= 0.3 is 0 Å². The van der Waals surface area contributed by atoms with Crippen molar-refractivity contribution in [1.29, 1.82) is 0 Å². The van der Waals surface area contributed by atoms with E-state index in [-0.39, 0.29) is 0 Å². The maximum atomic E-state index is 10.2. The van der Waals surface area contributed by atoms with Crippen LogP contribution in [0.15, 0.2) is 53.4 Å². The van der Waals surface area contributed by atoms with Crippen molar-refractivity contribution in [3.05, 3.63) is 59.0 Å². The van der Waals surface area contributed by atoms with Crippen molar-refractivity contribution in [2.45, 2.75) is 5.60 Å². The molecule has 2 rings (SSSR count). The Hall–Kier alpha value is -1.06. The predicted octanol–water partition coefficient (Wildman–Crippen LogP) is 2.69. The lowest BCUT2D eigenvalue weighted by Gasteiger charge is -2.22. The first-order valence-corrected chi connectivity index (χ1v) is 4.99. The Balaban J connectivity index is 2.38. The molecule has 1 N–H and O–H groups in total. The number of ether oxygens (including phenoxy) is 1. The van der Waals surface area contributed by atoms with Gasteiger partial charge in [-0.25, -0.2) is 0 Å². The van der Waals surface area contributed by atoms with E-state index in [0.717, 1.165) is 10.0 Å². The minimum atomic E-state index is -1.04. The summed E-state index contributed by atoms with van der Waals surface area (Å²) < 4.78 is 5.87. The lowest BCUT2D eigenvalue weighted by Crippen LogP contribution is -2.21. The molecule has 1 aliphatic heterocycles. The van der Waals surface area contributed by atoms with E-state index in [1.807, 2.05) is 24.3 Å². The van der Waals surface area contributed by atoms with Gasteiger partial charge in [0.1, 0.15) is 5.60 Å². The van der Waals surface area contributed by atoms with Gasteiger partial charge in [-0.3, -0.25) is 0 Å². The molecule has 0 saturated heterocycles. The summed E-state index contributed by atoms with van der Waals surface area (Å²) in [6.07, 6.45) is 6.16. The number of halogens is 1. The molecule has 2 nitrogen and oxygen atoms in total. The van der Waals surface area contributed by atoms with Crippen LogP contribution in [0.4, 0.5) is 0 Å². The first kappa shape index (κ1) is 9.49. The van der Waals surface area contributed by atoms with Crippen molar-refractivity contribution in [3.63, 3.8) is 0 Å². The zero-order chi connectivity index (χ0) is 10.0. The minimum Gasteiger partial charge on any atom is -0.473 e. The second-order valence-corrected chi connectivity index (χ2v) is 3.99. The average molecular weight is 253 g/mol.